The van der Waals surface area contributed by atoms with Crippen molar-refractivity contribution in [3.63, 3.8) is 0 Å². The fourth-order valence-corrected chi connectivity index (χ4v) is 3.48. The number of rotatable bonds is 7. The minimum atomic E-state index is -2.62. The third kappa shape index (κ3) is 3.14. The molecule has 0 radical (unpaired) electrons. The van der Waals surface area contributed by atoms with E-state index in [1.807, 2.05) is 12.1 Å². The minimum Gasteiger partial charge on any atom is -0.332 e. The fraction of sp³-hybridized carbons (Fsp3) is 0.421. The number of nitrogens with zero attached hydrogens (tertiary/aromatic N) is 4. The summed E-state index contributed by atoms with van der Waals surface area (Å²) < 4.78 is 33.3. The van der Waals surface area contributed by atoms with Gasteiger partial charge < -0.3 is 9.84 Å². The highest BCUT2D eigenvalue weighted by molar-refractivity contribution is 5.50. The Kier molecular flexibility index (Phi) is 4.51. The lowest BCUT2D eigenvalue weighted by Crippen LogP contribution is -2.17. The van der Waals surface area contributed by atoms with Crippen LogP contribution in [0, 0.1) is 6.92 Å². The van der Waals surface area contributed by atoms with Gasteiger partial charge in [-0.3, -0.25) is 4.68 Å². The topological polar surface area (TPSA) is 68.8 Å². The number of nitrogens with one attached hydrogen (secondary N) is 1. The van der Waals surface area contributed by atoms with Crippen molar-refractivity contribution >= 4 is 0 Å². The van der Waals surface area contributed by atoms with Gasteiger partial charge in [-0.1, -0.05) is 29.4 Å². The Bertz CT molecular complexity index is 945. The summed E-state index contributed by atoms with van der Waals surface area (Å²) in [5.41, 5.74) is 2.25. The van der Waals surface area contributed by atoms with Gasteiger partial charge in [0.2, 0.25) is 0 Å². The molecule has 0 saturated heterocycles. The van der Waals surface area contributed by atoms with Crippen LogP contribution in [0.5, 0.6) is 0 Å². The second kappa shape index (κ2) is 6.84. The number of hydrogen-bond acceptors (Lipinski definition) is 5. The smallest absolute Gasteiger partial charge is 0.280 e. The van der Waals surface area contributed by atoms with E-state index >= 15 is 0 Å². The standard InChI is InChI=1S/C19H21F2N5O/c1-12-5-3-4-6-13(12)19(7-8-19)18-23-17(27-25-18)14-11-15(16(20)21)26(24-14)10-9-22-2/h3-6,11,16,22H,7-10H2,1-2H3. The Morgan fingerprint density at radius 1 is 1.30 bits per heavy atom. The molecule has 8 heteroatoms. The van der Waals surface area contributed by atoms with E-state index in [9.17, 15) is 8.78 Å². The third-order valence-electron chi connectivity index (χ3n) is 5.09. The lowest BCUT2D eigenvalue weighted by Gasteiger charge is -2.13. The van der Waals surface area contributed by atoms with Crippen LogP contribution < -0.4 is 5.32 Å². The van der Waals surface area contributed by atoms with E-state index in [2.05, 4.69) is 39.6 Å². The van der Waals surface area contributed by atoms with Crippen molar-refractivity contribution in [3.05, 3.63) is 53.0 Å². The normalized spacial score (nSPS) is 15.4. The van der Waals surface area contributed by atoms with Gasteiger partial charge >= 0.3 is 0 Å². The molecule has 1 aliphatic carbocycles. The molecule has 1 aromatic carbocycles. The van der Waals surface area contributed by atoms with Gasteiger partial charge in [0.25, 0.3) is 12.3 Å². The van der Waals surface area contributed by atoms with Crippen LogP contribution in [0.2, 0.25) is 0 Å². The molecule has 27 heavy (non-hydrogen) atoms. The lowest BCUT2D eigenvalue weighted by molar-refractivity contribution is 0.139. The Labute approximate surface area is 155 Å². The van der Waals surface area contributed by atoms with Crippen molar-refractivity contribution in [1.82, 2.24) is 25.2 Å². The van der Waals surface area contributed by atoms with E-state index in [1.165, 1.54) is 21.9 Å². The van der Waals surface area contributed by atoms with E-state index in [0.717, 1.165) is 12.8 Å². The van der Waals surface area contributed by atoms with Gasteiger partial charge in [-0.05, 0) is 44.0 Å². The maximum atomic E-state index is 13.3. The molecule has 2 heterocycles. The number of alkyl halides is 2. The summed E-state index contributed by atoms with van der Waals surface area (Å²) in [6.45, 7) is 2.94. The summed E-state index contributed by atoms with van der Waals surface area (Å²) >= 11 is 0. The van der Waals surface area contributed by atoms with Crippen molar-refractivity contribution in [3.8, 4) is 11.6 Å². The summed E-state index contributed by atoms with van der Waals surface area (Å²) in [6, 6.07) is 9.47. The molecule has 4 rings (SSSR count). The van der Waals surface area contributed by atoms with E-state index in [4.69, 9.17) is 4.52 Å². The monoisotopic (exact) mass is 373 g/mol. The van der Waals surface area contributed by atoms with Gasteiger partial charge in [0, 0.05) is 6.54 Å². The van der Waals surface area contributed by atoms with Crippen molar-refractivity contribution in [2.24, 2.45) is 0 Å². The molecule has 1 saturated carbocycles. The molecule has 0 spiro atoms. The van der Waals surface area contributed by atoms with Gasteiger partial charge in [0.15, 0.2) is 11.5 Å². The maximum Gasteiger partial charge on any atom is 0.280 e. The van der Waals surface area contributed by atoms with Crippen LogP contribution in [0.3, 0.4) is 0 Å². The SMILES string of the molecule is CNCCn1nc(-c2nc(C3(c4ccccc4C)CC3)no2)cc1C(F)F. The first-order valence-electron chi connectivity index (χ1n) is 8.96. The zero-order chi connectivity index (χ0) is 19.0. The molecule has 0 bridgehead atoms. The molecule has 0 amide bonds. The van der Waals surface area contributed by atoms with Crippen LogP contribution in [-0.4, -0.2) is 33.5 Å². The zero-order valence-electron chi connectivity index (χ0n) is 15.2. The summed E-state index contributed by atoms with van der Waals surface area (Å²) in [7, 11) is 1.76. The van der Waals surface area contributed by atoms with E-state index in [-0.39, 0.29) is 22.7 Å². The highest BCUT2D eigenvalue weighted by atomic mass is 19.3. The highest BCUT2D eigenvalue weighted by Gasteiger charge is 2.50. The molecule has 3 aromatic rings. The number of hydrogen-bond donors (Lipinski definition) is 1. The number of aromatic nitrogens is 4. The molecule has 1 aliphatic rings. The zero-order valence-corrected chi connectivity index (χ0v) is 15.2. The summed E-state index contributed by atoms with van der Waals surface area (Å²) in [4.78, 5) is 4.51. The molecular formula is C19H21F2N5O. The predicted octanol–water partition coefficient (Wildman–Crippen LogP) is 3.48. The molecule has 2 aromatic heterocycles. The van der Waals surface area contributed by atoms with E-state index in [1.54, 1.807) is 7.05 Å². The lowest BCUT2D eigenvalue weighted by atomic mass is 9.91. The summed E-state index contributed by atoms with van der Waals surface area (Å²) in [5, 5.41) is 11.3. The van der Waals surface area contributed by atoms with Crippen LogP contribution >= 0.6 is 0 Å². The van der Waals surface area contributed by atoms with Crippen LogP contribution in [0.4, 0.5) is 8.78 Å². The van der Waals surface area contributed by atoms with Crippen molar-refractivity contribution in [1.29, 1.82) is 0 Å². The van der Waals surface area contributed by atoms with Crippen LogP contribution in [0.1, 0.15) is 41.9 Å². The molecule has 6 nitrogen and oxygen atoms in total. The third-order valence-corrected chi connectivity index (χ3v) is 5.09. The molecule has 0 unspecified atom stereocenters. The Hall–Kier alpha value is -2.61. The van der Waals surface area contributed by atoms with Crippen molar-refractivity contribution in [2.45, 2.75) is 38.2 Å². The maximum absolute atomic E-state index is 13.3. The molecule has 0 atom stereocenters. The van der Waals surface area contributed by atoms with E-state index in [0.29, 0.717) is 18.9 Å². The first-order chi connectivity index (χ1) is 13.0. The first kappa shape index (κ1) is 17.8. The van der Waals surface area contributed by atoms with E-state index < -0.39 is 6.43 Å². The second-order valence-electron chi connectivity index (χ2n) is 6.90. The van der Waals surface area contributed by atoms with Crippen LogP contribution in [0.25, 0.3) is 11.6 Å². The van der Waals surface area contributed by atoms with Crippen LogP contribution in [-0.2, 0) is 12.0 Å². The fourth-order valence-electron chi connectivity index (χ4n) is 3.48. The molecule has 0 aliphatic heterocycles. The minimum absolute atomic E-state index is 0.153. The van der Waals surface area contributed by atoms with Gasteiger partial charge in [0.1, 0.15) is 5.69 Å². The van der Waals surface area contributed by atoms with Crippen molar-refractivity contribution < 1.29 is 13.3 Å². The van der Waals surface area contributed by atoms with Crippen molar-refractivity contribution in [2.75, 3.05) is 13.6 Å². The molecule has 1 fully saturated rings. The Morgan fingerprint density at radius 3 is 2.74 bits per heavy atom. The molecule has 1 N–H and O–H groups in total. The average Bonchev–Trinajstić information content (AvgIpc) is 3.12. The quantitative estimate of drug-likeness (QED) is 0.687. The number of aryl methyl sites for hydroxylation is 1. The summed E-state index contributed by atoms with van der Waals surface area (Å²) in [5.74, 6) is 0.769. The predicted molar refractivity (Wildman–Crippen MR) is 95.6 cm³/mol. The van der Waals surface area contributed by atoms with Gasteiger partial charge in [-0.25, -0.2) is 8.78 Å². The largest absolute Gasteiger partial charge is 0.332 e. The summed E-state index contributed by atoms with van der Waals surface area (Å²) in [6.07, 6.45) is -0.738. The van der Waals surface area contributed by atoms with Gasteiger partial charge in [0.05, 0.1) is 12.0 Å². The highest BCUT2D eigenvalue weighted by Crippen LogP contribution is 2.53. The molecule has 142 valence electrons. The Morgan fingerprint density at radius 2 is 2.07 bits per heavy atom. The number of likely N-dealkylation sites (N-methyl/N-ethyl adjacent to an activating group) is 1. The number of benzene rings is 1. The second-order valence-corrected chi connectivity index (χ2v) is 6.90. The van der Waals surface area contributed by atoms with Gasteiger partial charge in [-0.15, -0.1) is 0 Å². The van der Waals surface area contributed by atoms with Gasteiger partial charge in [-0.2, -0.15) is 10.1 Å². The average molecular weight is 373 g/mol. The molecular weight excluding hydrogens is 352 g/mol. The van der Waals surface area contributed by atoms with Crippen LogP contribution in [0.15, 0.2) is 34.9 Å². The first-order valence-corrected chi connectivity index (χ1v) is 8.96. The number of halogens is 2. The Balaban J connectivity index is 1.66.